The largest absolute Gasteiger partial charge is 0.367 e. The Morgan fingerprint density at radius 2 is 1.94 bits per heavy atom. The van der Waals surface area contributed by atoms with Gasteiger partial charge in [-0.05, 0) is 13.8 Å². The van der Waals surface area contributed by atoms with Crippen LogP contribution in [-0.2, 0) is 0 Å². The van der Waals surface area contributed by atoms with Crippen LogP contribution in [0.1, 0.15) is 12.6 Å². The first-order valence-electron chi connectivity index (χ1n) is 5.40. The molecule has 4 heteroatoms. The molecule has 0 bridgehead atoms. The van der Waals surface area contributed by atoms with Gasteiger partial charge in [0.2, 0.25) is 0 Å². The minimum atomic E-state index is 0.0989. The molecule has 0 spiro atoms. The number of nitrogens with two attached hydrogens (primary N) is 1. The zero-order chi connectivity index (χ0) is 11.5. The molecule has 0 saturated heterocycles. The number of hydrogen-bond donors (Lipinski definition) is 2. The van der Waals surface area contributed by atoms with E-state index in [1.807, 2.05) is 32.0 Å². The van der Waals surface area contributed by atoms with Gasteiger partial charge in [-0.2, -0.15) is 5.10 Å². The summed E-state index contributed by atoms with van der Waals surface area (Å²) in [6.45, 7) is 4.61. The molecule has 84 valence electrons. The van der Waals surface area contributed by atoms with Crippen LogP contribution >= 0.6 is 0 Å². The molecule has 2 aromatic rings. The molecule has 0 fully saturated rings. The molecular weight excluding hydrogens is 200 g/mol. The Morgan fingerprint density at radius 1 is 1.25 bits per heavy atom. The van der Waals surface area contributed by atoms with E-state index in [-0.39, 0.29) is 6.04 Å². The first kappa shape index (κ1) is 10.8. The fourth-order valence-corrected chi connectivity index (χ4v) is 1.63. The third-order valence-corrected chi connectivity index (χ3v) is 2.46. The Morgan fingerprint density at radius 3 is 2.62 bits per heavy atom. The molecule has 0 radical (unpaired) electrons. The van der Waals surface area contributed by atoms with Crippen molar-refractivity contribution in [1.29, 1.82) is 0 Å². The van der Waals surface area contributed by atoms with Crippen molar-refractivity contribution in [3.63, 3.8) is 0 Å². The number of aryl methyl sites for hydroxylation is 1. The van der Waals surface area contributed by atoms with Crippen molar-refractivity contribution in [2.75, 3.05) is 11.9 Å². The molecule has 1 unspecified atom stereocenters. The summed E-state index contributed by atoms with van der Waals surface area (Å²) < 4.78 is 0. The highest BCUT2D eigenvalue weighted by atomic mass is 15.2. The Hall–Kier alpha value is -1.68. The van der Waals surface area contributed by atoms with Gasteiger partial charge < -0.3 is 11.1 Å². The lowest BCUT2D eigenvalue weighted by atomic mass is 10.1. The van der Waals surface area contributed by atoms with Crippen molar-refractivity contribution in [3.8, 4) is 0 Å². The van der Waals surface area contributed by atoms with Crippen molar-refractivity contribution in [2.45, 2.75) is 19.9 Å². The number of benzene rings is 1. The minimum Gasteiger partial charge on any atom is -0.367 e. The van der Waals surface area contributed by atoms with Gasteiger partial charge >= 0.3 is 0 Å². The van der Waals surface area contributed by atoms with E-state index in [2.05, 4.69) is 21.6 Å². The van der Waals surface area contributed by atoms with Crippen molar-refractivity contribution < 1.29 is 0 Å². The van der Waals surface area contributed by atoms with Gasteiger partial charge in [-0.1, -0.05) is 24.3 Å². The van der Waals surface area contributed by atoms with Gasteiger partial charge in [0.25, 0.3) is 0 Å². The fraction of sp³-hybridized carbons (Fsp3) is 0.333. The maximum atomic E-state index is 5.70. The second-order valence-corrected chi connectivity index (χ2v) is 4.04. The molecule has 1 aromatic heterocycles. The van der Waals surface area contributed by atoms with Crippen LogP contribution in [0.4, 0.5) is 5.82 Å². The highest BCUT2D eigenvalue weighted by Gasteiger charge is 2.05. The lowest BCUT2D eigenvalue weighted by Gasteiger charge is -2.10. The van der Waals surface area contributed by atoms with Crippen LogP contribution in [0, 0.1) is 6.92 Å². The van der Waals surface area contributed by atoms with E-state index in [1.165, 1.54) is 0 Å². The Labute approximate surface area is 94.9 Å². The number of nitrogens with one attached hydrogen (secondary N) is 1. The fourth-order valence-electron chi connectivity index (χ4n) is 1.63. The molecule has 0 aliphatic carbocycles. The van der Waals surface area contributed by atoms with Crippen LogP contribution in [0.25, 0.3) is 10.8 Å². The second kappa shape index (κ2) is 4.45. The lowest BCUT2D eigenvalue weighted by Crippen LogP contribution is -2.25. The average molecular weight is 216 g/mol. The summed E-state index contributed by atoms with van der Waals surface area (Å²) in [5.41, 5.74) is 6.65. The van der Waals surface area contributed by atoms with Crippen molar-refractivity contribution in [2.24, 2.45) is 5.73 Å². The number of fused-ring (bicyclic) bond motifs is 1. The Kier molecular flexibility index (Phi) is 3.01. The molecule has 16 heavy (non-hydrogen) atoms. The van der Waals surface area contributed by atoms with Gasteiger partial charge in [0.15, 0.2) is 5.82 Å². The highest BCUT2D eigenvalue weighted by molar-refractivity contribution is 5.92. The average Bonchev–Trinajstić information content (AvgIpc) is 2.28. The summed E-state index contributed by atoms with van der Waals surface area (Å²) in [7, 11) is 0. The molecule has 0 aliphatic rings. The van der Waals surface area contributed by atoms with Crippen LogP contribution in [0.15, 0.2) is 24.3 Å². The summed E-state index contributed by atoms with van der Waals surface area (Å²) in [5, 5.41) is 13.7. The lowest BCUT2D eigenvalue weighted by molar-refractivity contribution is 0.775. The first-order valence-corrected chi connectivity index (χ1v) is 5.40. The number of hydrogen-bond acceptors (Lipinski definition) is 4. The monoisotopic (exact) mass is 216 g/mol. The van der Waals surface area contributed by atoms with Gasteiger partial charge in [-0.15, -0.1) is 5.10 Å². The molecule has 0 amide bonds. The van der Waals surface area contributed by atoms with Crippen molar-refractivity contribution in [1.82, 2.24) is 10.2 Å². The molecule has 3 N–H and O–H groups in total. The van der Waals surface area contributed by atoms with Crippen LogP contribution < -0.4 is 11.1 Å². The number of anilines is 1. The van der Waals surface area contributed by atoms with Gasteiger partial charge in [-0.3, -0.25) is 0 Å². The van der Waals surface area contributed by atoms with Crippen LogP contribution in [0.2, 0.25) is 0 Å². The van der Waals surface area contributed by atoms with Crippen molar-refractivity contribution in [3.05, 3.63) is 30.0 Å². The summed E-state index contributed by atoms with van der Waals surface area (Å²) >= 11 is 0. The third kappa shape index (κ3) is 2.12. The standard InChI is InChI=1S/C12H16N4/c1-8(13)7-14-12-11-6-4-3-5-10(11)9(2)15-16-12/h3-6,8H,7,13H2,1-2H3,(H,14,16). The SMILES string of the molecule is Cc1nnc(NCC(C)N)c2ccccc12. The van der Waals surface area contributed by atoms with Gasteiger partial charge in [-0.25, -0.2) is 0 Å². The minimum absolute atomic E-state index is 0.0989. The van der Waals surface area contributed by atoms with E-state index in [1.54, 1.807) is 0 Å². The zero-order valence-electron chi connectivity index (χ0n) is 9.57. The Bertz CT molecular complexity index is 493. The van der Waals surface area contributed by atoms with E-state index in [4.69, 9.17) is 5.73 Å². The van der Waals surface area contributed by atoms with Gasteiger partial charge in [0, 0.05) is 23.4 Å². The highest BCUT2D eigenvalue weighted by Crippen LogP contribution is 2.21. The second-order valence-electron chi connectivity index (χ2n) is 4.04. The predicted octanol–water partition coefficient (Wildman–Crippen LogP) is 1.70. The van der Waals surface area contributed by atoms with Crippen LogP contribution in [0.5, 0.6) is 0 Å². The molecule has 1 heterocycles. The smallest absolute Gasteiger partial charge is 0.156 e. The first-order chi connectivity index (χ1) is 7.68. The van der Waals surface area contributed by atoms with Crippen molar-refractivity contribution >= 4 is 16.6 Å². The quantitative estimate of drug-likeness (QED) is 0.819. The maximum absolute atomic E-state index is 5.70. The van der Waals surface area contributed by atoms with E-state index in [0.29, 0.717) is 6.54 Å². The number of aromatic nitrogens is 2. The summed E-state index contributed by atoms with van der Waals surface area (Å²) in [6, 6.07) is 8.20. The molecular formula is C12H16N4. The predicted molar refractivity (Wildman–Crippen MR) is 66.4 cm³/mol. The van der Waals surface area contributed by atoms with Gasteiger partial charge in [0.1, 0.15) is 0 Å². The van der Waals surface area contributed by atoms with E-state index in [0.717, 1.165) is 22.3 Å². The molecule has 0 aliphatic heterocycles. The van der Waals surface area contributed by atoms with E-state index >= 15 is 0 Å². The maximum Gasteiger partial charge on any atom is 0.156 e. The summed E-state index contributed by atoms with van der Waals surface area (Å²) in [4.78, 5) is 0. The number of rotatable bonds is 3. The summed E-state index contributed by atoms with van der Waals surface area (Å²) in [5.74, 6) is 0.804. The van der Waals surface area contributed by atoms with E-state index < -0.39 is 0 Å². The number of nitrogens with zero attached hydrogens (tertiary/aromatic N) is 2. The summed E-state index contributed by atoms with van der Waals surface area (Å²) in [6.07, 6.45) is 0. The molecule has 1 aromatic carbocycles. The zero-order valence-corrected chi connectivity index (χ0v) is 9.57. The topological polar surface area (TPSA) is 63.8 Å². The Balaban J connectivity index is 2.42. The van der Waals surface area contributed by atoms with Crippen LogP contribution in [0.3, 0.4) is 0 Å². The molecule has 1 atom stereocenters. The van der Waals surface area contributed by atoms with Gasteiger partial charge in [0.05, 0.1) is 5.69 Å². The molecule has 0 saturated carbocycles. The van der Waals surface area contributed by atoms with Crippen LogP contribution in [-0.4, -0.2) is 22.8 Å². The normalized spacial score (nSPS) is 12.7. The molecule has 2 rings (SSSR count). The van der Waals surface area contributed by atoms with E-state index in [9.17, 15) is 0 Å². The third-order valence-electron chi connectivity index (χ3n) is 2.46. The molecule has 4 nitrogen and oxygen atoms in total.